The third-order valence-electron chi connectivity index (χ3n) is 9.87. The lowest BCUT2D eigenvalue weighted by molar-refractivity contribution is -0.148. The van der Waals surface area contributed by atoms with Crippen LogP contribution in [0.4, 0.5) is 0 Å². The van der Waals surface area contributed by atoms with E-state index in [1.165, 1.54) is 12.5 Å². The van der Waals surface area contributed by atoms with Gasteiger partial charge in [0.25, 0.3) is 0 Å². The summed E-state index contributed by atoms with van der Waals surface area (Å²) < 4.78 is 11.6. The zero-order chi connectivity index (χ0) is 34.3. The van der Waals surface area contributed by atoms with Gasteiger partial charge in [0.05, 0.1) is 11.7 Å². The van der Waals surface area contributed by atoms with E-state index in [-0.39, 0.29) is 29.4 Å². The zero-order valence-electron chi connectivity index (χ0n) is 29.8. The van der Waals surface area contributed by atoms with Crippen LogP contribution in [-0.4, -0.2) is 40.3 Å². The van der Waals surface area contributed by atoms with Crippen molar-refractivity contribution < 1.29 is 24.2 Å². The topological polar surface area (TPSA) is 76.1 Å². The van der Waals surface area contributed by atoms with Gasteiger partial charge >= 0.3 is 5.97 Å². The first-order valence-electron chi connectivity index (χ1n) is 16.8. The van der Waals surface area contributed by atoms with Crippen LogP contribution >= 0.6 is 0 Å². The van der Waals surface area contributed by atoms with Crippen LogP contribution in [0.1, 0.15) is 101 Å². The third-order valence-corrected chi connectivity index (χ3v) is 9.87. The number of fused-ring (bicyclic) bond motifs is 1. The molecule has 2 aliphatic carbocycles. The number of epoxide rings is 1. The maximum atomic E-state index is 13.1. The highest BCUT2D eigenvalue weighted by atomic mass is 16.6. The molecule has 1 aliphatic heterocycles. The molecule has 1 heterocycles. The van der Waals surface area contributed by atoms with E-state index in [4.69, 9.17) is 9.47 Å². The molecule has 0 spiro atoms. The summed E-state index contributed by atoms with van der Waals surface area (Å²) in [6.07, 6.45) is 25.1. The van der Waals surface area contributed by atoms with Gasteiger partial charge in [-0.3, -0.25) is 9.59 Å². The number of carbonyl (C=O) groups is 2. The Morgan fingerprint density at radius 3 is 1.93 bits per heavy atom. The summed E-state index contributed by atoms with van der Waals surface area (Å²) in [5, 5.41) is 10.3. The molecule has 0 radical (unpaired) electrons. The van der Waals surface area contributed by atoms with Crippen molar-refractivity contribution in [2.24, 2.45) is 17.3 Å². The van der Waals surface area contributed by atoms with Crippen LogP contribution in [0, 0.1) is 17.3 Å². The highest BCUT2D eigenvalue weighted by Crippen LogP contribution is 2.67. The monoisotopic (exact) mass is 628 g/mol. The fourth-order valence-electron chi connectivity index (χ4n) is 7.32. The standard InChI is InChI=1S/C41H56O5/c1-28(17-13-18-30(3)21-22-37-32(5)23-36(24-33(37)6)45-34(7)42)15-11-12-16-29(2)19-14-20-31(4)38(44)27-41-39(8,9)25-35(43)26-40(41,10)46-41/h11-21,32-33,35-36,43H,23-27H2,1-10H3. The van der Waals surface area contributed by atoms with Gasteiger partial charge < -0.3 is 14.6 Å². The molecule has 3 rings (SSSR count). The smallest absolute Gasteiger partial charge is 0.302 e. The first-order valence-corrected chi connectivity index (χ1v) is 16.8. The molecule has 5 atom stereocenters. The number of esters is 1. The van der Waals surface area contributed by atoms with E-state index in [0.717, 1.165) is 29.6 Å². The highest BCUT2D eigenvalue weighted by Gasteiger charge is 2.76. The molecule has 0 aromatic rings. The van der Waals surface area contributed by atoms with E-state index in [9.17, 15) is 14.7 Å². The lowest BCUT2D eigenvalue weighted by Crippen LogP contribution is -2.48. The third kappa shape index (κ3) is 9.64. The molecule has 0 aromatic carbocycles. The Labute approximate surface area is 277 Å². The molecule has 2 saturated carbocycles. The minimum Gasteiger partial charge on any atom is -0.463 e. The van der Waals surface area contributed by atoms with Gasteiger partial charge in [-0.25, -0.2) is 0 Å². The van der Waals surface area contributed by atoms with Crippen molar-refractivity contribution in [1.82, 2.24) is 0 Å². The number of ether oxygens (including phenoxy) is 2. The Bertz CT molecular complexity index is 1420. The van der Waals surface area contributed by atoms with E-state index in [1.807, 2.05) is 63.3 Å². The van der Waals surface area contributed by atoms with Gasteiger partial charge in [0.15, 0.2) is 5.78 Å². The number of aliphatic hydroxyl groups is 1. The van der Waals surface area contributed by atoms with Gasteiger partial charge in [-0.15, -0.1) is 5.73 Å². The van der Waals surface area contributed by atoms with Crippen LogP contribution in [0.3, 0.4) is 0 Å². The number of rotatable bonds is 11. The second-order valence-corrected chi connectivity index (χ2v) is 14.6. The fraction of sp³-hybridized carbons (Fsp3) is 0.537. The van der Waals surface area contributed by atoms with Crippen LogP contribution in [0.25, 0.3) is 0 Å². The average molecular weight is 629 g/mol. The van der Waals surface area contributed by atoms with E-state index in [2.05, 4.69) is 71.6 Å². The lowest BCUT2D eigenvalue weighted by Gasteiger charge is -2.40. The molecule has 0 aromatic heterocycles. The van der Waals surface area contributed by atoms with Crippen LogP contribution < -0.4 is 0 Å². The number of hydrogen-bond donors (Lipinski definition) is 1. The molecule has 0 amide bonds. The molecule has 46 heavy (non-hydrogen) atoms. The Balaban J connectivity index is 1.49. The van der Waals surface area contributed by atoms with Crippen LogP contribution in [-0.2, 0) is 19.1 Å². The minimum atomic E-state index is -0.493. The van der Waals surface area contributed by atoms with Gasteiger partial charge in [0.1, 0.15) is 11.7 Å². The van der Waals surface area contributed by atoms with E-state index < -0.39 is 11.2 Å². The Kier molecular flexibility index (Phi) is 12.6. The second kappa shape index (κ2) is 15.6. The van der Waals surface area contributed by atoms with E-state index >= 15 is 0 Å². The SMILES string of the molecule is CC(=O)OC1CC(C)C(=C=CC(C)=CC=CC(C)=CC=CC=C(C)C=CC=C(C)C(=O)CC23OC2(C)CC(O)CC3(C)C)C(C)C1. The average Bonchev–Trinajstić information content (AvgIpc) is 3.54. The molecule has 250 valence electrons. The molecule has 5 unspecified atom stereocenters. The summed E-state index contributed by atoms with van der Waals surface area (Å²) in [5.74, 6) is 0.572. The molecule has 3 aliphatic rings. The maximum Gasteiger partial charge on any atom is 0.302 e. The number of aliphatic hydroxyl groups excluding tert-OH is 1. The van der Waals surface area contributed by atoms with E-state index in [0.29, 0.717) is 36.7 Å². The minimum absolute atomic E-state index is 0.00283. The van der Waals surface area contributed by atoms with Crippen LogP contribution in [0.15, 0.2) is 100 Å². The normalized spacial score (nSPS) is 32.1. The Hall–Kier alpha value is -3.24. The predicted molar refractivity (Wildman–Crippen MR) is 188 cm³/mol. The van der Waals surface area contributed by atoms with Gasteiger partial charge in [0.2, 0.25) is 0 Å². The summed E-state index contributed by atoms with van der Waals surface area (Å²) in [6, 6.07) is 0. The summed E-state index contributed by atoms with van der Waals surface area (Å²) in [7, 11) is 0. The van der Waals surface area contributed by atoms with E-state index in [1.54, 1.807) is 0 Å². The van der Waals surface area contributed by atoms with Crippen molar-refractivity contribution in [3.63, 3.8) is 0 Å². The summed E-state index contributed by atoms with van der Waals surface area (Å²) in [6.45, 7) is 20.1. The largest absolute Gasteiger partial charge is 0.463 e. The van der Waals surface area contributed by atoms with Gasteiger partial charge in [0, 0.05) is 19.8 Å². The molecular formula is C41H56O5. The lowest BCUT2D eigenvalue weighted by atomic mass is 9.61. The van der Waals surface area contributed by atoms with Crippen LogP contribution in [0.2, 0.25) is 0 Å². The summed E-state index contributed by atoms with van der Waals surface area (Å²) >= 11 is 0. The predicted octanol–water partition coefficient (Wildman–Crippen LogP) is 9.19. The molecule has 1 N–H and O–H groups in total. The van der Waals surface area contributed by atoms with Crippen molar-refractivity contribution in [3.8, 4) is 0 Å². The van der Waals surface area contributed by atoms with Gasteiger partial charge in [-0.1, -0.05) is 99.6 Å². The molecule has 5 nitrogen and oxygen atoms in total. The number of ketones is 1. The first kappa shape index (κ1) is 37.2. The van der Waals surface area contributed by atoms with Gasteiger partial charge in [-0.05, 0) is 93.9 Å². The Morgan fingerprint density at radius 1 is 0.848 bits per heavy atom. The molecule has 5 heteroatoms. The zero-order valence-corrected chi connectivity index (χ0v) is 29.8. The quantitative estimate of drug-likeness (QED) is 0.0812. The van der Waals surface area contributed by atoms with Crippen molar-refractivity contribution in [2.45, 2.75) is 125 Å². The molecule has 0 bridgehead atoms. The summed E-state index contributed by atoms with van der Waals surface area (Å²) in [5.41, 5.74) is 7.69. The second-order valence-electron chi connectivity index (χ2n) is 14.6. The first-order chi connectivity index (χ1) is 21.5. The number of allylic oxidation sites excluding steroid dienone is 15. The molecule has 3 fully saturated rings. The Morgan fingerprint density at radius 2 is 1.39 bits per heavy atom. The number of hydrogen-bond acceptors (Lipinski definition) is 5. The van der Waals surface area contributed by atoms with Crippen molar-refractivity contribution in [2.75, 3.05) is 0 Å². The van der Waals surface area contributed by atoms with Crippen LogP contribution in [0.5, 0.6) is 0 Å². The summed E-state index contributed by atoms with van der Waals surface area (Å²) in [4.78, 5) is 24.4. The van der Waals surface area contributed by atoms with Crippen molar-refractivity contribution in [1.29, 1.82) is 0 Å². The number of carbonyl (C=O) groups excluding carboxylic acids is 2. The number of Topliss-reactive ketones (excluding diaryl/α,β-unsaturated/α-hetero) is 1. The highest BCUT2D eigenvalue weighted by molar-refractivity contribution is 5.96. The van der Waals surface area contributed by atoms with Crippen molar-refractivity contribution >= 4 is 11.8 Å². The fourth-order valence-corrected chi connectivity index (χ4v) is 7.32. The van der Waals surface area contributed by atoms with Gasteiger partial charge in [-0.2, -0.15) is 0 Å². The molecular weight excluding hydrogens is 572 g/mol. The molecule has 1 saturated heterocycles. The van der Waals surface area contributed by atoms with Crippen molar-refractivity contribution in [3.05, 3.63) is 100 Å². The maximum absolute atomic E-state index is 13.1.